The molecule has 184 valence electrons. The van der Waals surface area contributed by atoms with Crippen LogP contribution in [0.5, 0.6) is 0 Å². The number of benzene rings is 2. The van der Waals surface area contributed by atoms with Gasteiger partial charge in [0.1, 0.15) is 5.57 Å². The van der Waals surface area contributed by atoms with E-state index < -0.39 is 23.8 Å². The first-order chi connectivity index (χ1) is 17.0. The van der Waals surface area contributed by atoms with Crippen LogP contribution in [0.25, 0.3) is 11.8 Å². The van der Waals surface area contributed by atoms with Crippen molar-refractivity contribution in [2.24, 2.45) is 0 Å². The Bertz CT molecular complexity index is 1480. The van der Waals surface area contributed by atoms with Gasteiger partial charge < -0.3 is 9.30 Å². The number of nitrogens with zero attached hydrogens (tertiary/aromatic N) is 2. The summed E-state index contributed by atoms with van der Waals surface area (Å²) in [6.45, 7) is 7.44. The molecule has 36 heavy (non-hydrogen) atoms. The zero-order valence-corrected chi connectivity index (χ0v) is 21.2. The molecule has 1 N–H and O–H groups in total. The fourth-order valence-electron chi connectivity index (χ4n) is 4.15. The van der Waals surface area contributed by atoms with Crippen LogP contribution in [-0.4, -0.2) is 35.5 Å². The Morgan fingerprint density at radius 3 is 2.36 bits per heavy atom. The molecule has 0 unspecified atom stereocenters. The van der Waals surface area contributed by atoms with Crippen molar-refractivity contribution in [3.05, 3.63) is 86.7 Å². The number of halogens is 1. The number of anilines is 1. The van der Waals surface area contributed by atoms with E-state index in [0.29, 0.717) is 33.2 Å². The Hall–Kier alpha value is -4.17. The van der Waals surface area contributed by atoms with Crippen LogP contribution in [0.1, 0.15) is 38.4 Å². The zero-order chi connectivity index (χ0) is 26.3. The van der Waals surface area contributed by atoms with E-state index in [-0.39, 0.29) is 5.57 Å². The first-order valence-corrected chi connectivity index (χ1v) is 11.5. The monoisotopic (exact) mass is 505 g/mol. The molecule has 1 aromatic heterocycles. The molecule has 1 saturated heterocycles. The molecule has 1 aliphatic rings. The molecule has 2 heterocycles. The van der Waals surface area contributed by atoms with Gasteiger partial charge in [-0.2, -0.15) is 0 Å². The summed E-state index contributed by atoms with van der Waals surface area (Å²) < 4.78 is 6.63. The van der Waals surface area contributed by atoms with Crippen molar-refractivity contribution >= 4 is 47.2 Å². The summed E-state index contributed by atoms with van der Waals surface area (Å²) in [6, 6.07) is 11.0. The second-order valence-corrected chi connectivity index (χ2v) is 8.95. The first-order valence-electron chi connectivity index (χ1n) is 11.1. The van der Waals surface area contributed by atoms with E-state index in [1.165, 1.54) is 13.2 Å². The lowest BCUT2D eigenvalue weighted by atomic mass is 10.1. The Balaban J connectivity index is 1.79. The van der Waals surface area contributed by atoms with Crippen LogP contribution in [0.4, 0.5) is 10.5 Å². The van der Waals surface area contributed by atoms with E-state index in [9.17, 15) is 19.2 Å². The number of ether oxygens (including phenoxy) is 1. The smallest absolute Gasteiger partial charge is 0.337 e. The summed E-state index contributed by atoms with van der Waals surface area (Å²) in [5, 5.41) is 2.65. The molecule has 0 saturated carbocycles. The standard InChI is InChI=1S/C27H24ClN3O5/c1-14-6-8-20(10-15(14)2)31-25(33)21(24(32)29-27(31)35)12-19-11-16(3)30(17(19)4)23-13-18(26(34)36-5)7-9-22(23)28/h6-13H,1-5H3,(H,29,32,35)/b21-12+. The van der Waals surface area contributed by atoms with E-state index in [1.54, 1.807) is 43.3 Å². The predicted octanol–water partition coefficient (Wildman–Crippen LogP) is 4.82. The average Bonchev–Trinajstić information content (AvgIpc) is 3.11. The second-order valence-electron chi connectivity index (χ2n) is 8.55. The number of nitrogens with one attached hydrogen (secondary N) is 1. The number of aryl methyl sites for hydroxylation is 3. The SMILES string of the molecule is COC(=O)c1ccc(Cl)c(-n2c(C)cc(/C=C3\C(=O)NC(=O)N(c4ccc(C)c(C)c4)C3=O)c2C)c1. The van der Waals surface area contributed by atoms with Gasteiger partial charge in [-0.25, -0.2) is 14.5 Å². The molecular formula is C27H24ClN3O5. The Morgan fingerprint density at radius 1 is 0.972 bits per heavy atom. The third-order valence-electron chi connectivity index (χ3n) is 6.23. The summed E-state index contributed by atoms with van der Waals surface area (Å²) in [7, 11) is 1.30. The molecule has 0 atom stereocenters. The number of hydrogen-bond donors (Lipinski definition) is 1. The van der Waals surface area contributed by atoms with Gasteiger partial charge >= 0.3 is 12.0 Å². The van der Waals surface area contributed by atoms with Gasteiger partial charge in [-0.3, -0.25) is 14.9 Å². The molecule has 0 aliphatic carbocycles. The van der Waals surface area contributed by atoms with Gasteiger partial charge in [-0.1, -0.05) is 17.7 Å². The second kappa shape index (κ2) is 9.47. The number of esters is 1. The van der Waals surface area contributed by atoms with E-state index >= 15 is 0 Å². The van der Waals surface area contributed by atoms with E-state index in [0.717, 1.165) is 21.7 Å². The predicted molar refractivity (Wildman–Crippen MR) is 137 cm³/mol. The molecule has 1 fully saturated rings. The van der Waals surface area contributed by atoms with Crippen LogP contribution in [0.2, 0.25) is 5.02 Å². The van der Waals surface area contributed by atoms with Crippen molar-refractivity contribution in [3.8, 4) is 5.69 Å². The van der Waals surface area contributed by atoms with Crippen molar-refractivity contribution in [2.45, 2.75) is 27.7 Å². The molecule has 4 rings (SSSR count). The normalized spacial score (nSPS) is 14.9. The van der Waals surface area contributed by atoms with Crippen LogP contribution in [0.15, 0.2) is 48.0 Å². The molecule has 4 amide bonds. The van der Waals surface area contributed by atoms with E-state index in [2.05, 4.69) is 5.32 Å². The lowest BCUT2D eigenvalue weighted by Crippen LogP contribution is -2.54. The van der Waals surface area contributed by atoms with Crippen molar-refractivity contribution in [2.75, 3.05) is 12.0 Å². The first kappa shape index (κ1) is 24.9. The third-order valence-corrected chi connectivity index (χ3v) is 6.55. The number of urea groups is 1. The molecule has 3 aromatic rings. The number of hydrogen-bond acceptors (Lipinski definition) is 5. The molecule has 0 spiro atoms. The van der Waals surface area contributed by atoms with Gasteiger partial charge in [-0.05, 0) is 86.9 Å². The summed E-state index contributed by atoms with van der Waals surface area (Å²) >= 11 is 6.45. The van der Waals surface area contributed by atoms with Gasteiger partial charge in [0.2, 0.25) is 0 Å². The average molecular weight is 506 g/mol. The van der Waals surface area contributed by atoms with Crippen LogP contribution < -0.4 is 10.2 Å². The van der Waals surface area contributed by atoms with Crippen LogP contribution in [0.3, 0.4) is 0 Å². The quantitative estimate of drug-likeness (QED) is 0.311. The molecule has 0 bridgehead atoms. The zero-order valence-electron chi connectivity index (χ0n) is 20.4. The summed E-state index contributed by atoms with van der Waals surface area (Å²) in [5.41, 5.74) is 5.01. The molecular weight excluding hydrogens is 482 g/mol. The number of carbonyl (C=O) groups is 4. The summed E-state index contributed by atoms with van der Waals surface area (Å²) in [4.78, 5) is 51.5. The highest BCUT2D eigenvalue weighted by molar-refractivity contribution is 6.39. The minimum atomic E-state index is -0.803. The minimum absolute atomic E-state index is 0.178. The number of methoxy groups -OCH3 is 1. The van der Waals surface area contributed by atoms with Crippen molar-refractivity contribution in [1.82, 2.24) is 9.88 Å². The Kier molecular flexibility index (Phi) is 6.56. The highest BCUT2D eigenvalue weighted by Gasteiger charge is 2.37. The molecule has 1 aliphatic heterocycles. The number of carbonyl (C=O) groups excluding carboxylic acids is 4. The minimum Gasteiger partial charge on any atom is -0.465 e. The van der Waals surface area contributed by atoms with Crippen LogP contribution >= 0.6 is 11.6 Å². The Morgan fingerprint density at radius 2 is 1.69 bits per heavy atom. The largest absolute Gasteiger partial charge is 0.465 e. The van der Waals surface area contributed by atoms with Gasteiger partial charge in [0.05, 0.1) is 29.1 Å². The maximum Gasteiger partial charge on any atom is 0.337 e. The number of amides is 4. The fourth-order valence-corrected chi connectivity index (χ4v) is 4.35. The lowest BCUT2D eigenvalue weighted by molar-refractivity contribution is -0.122. The van der Waals surface area contributed by atoms with Crippen molar-refractivity contribution in [1.29, 1.82) is 0 Å². The van der Waals surface area contributed by atoms with Gasteiger partial charge in [0.25, 0.3) is 11.8 Å². The highest BCUT2D eigenvalue weighted by atomic mass is 35.5. The van der Waals surface area contributed by atoms with Gasteiger partial charge in [0.15, 0.2) is 0 Å². The molecule has 8 nitrogen and oxygen atoms in total. The van der Waals surface area contributed by atoms with E-state index in [4.69, 9.17) is 16.3 Å². The maximum atomic E-state index is 13.3. The lowest BCUT2D eigenvalue weighted by Gasteiger charge is -2.26. The topological polar surface area (TPSA) is 97.7 Å². The summed E-state index contributed by atoms with van der Waals surface area (Å²) in [5.74, 6) is -2.00. The van der Waals surface area contributed by atoms with Crippen LogP contribution in [-0.2, 0) is 14.3 Å². The number of rotatable bonds is 4. The number of imide groups is 2. The summed E-state index contributed by atoms with van der Waals surface area (Å²) in [6.07, 6.45) is 1.45. The van der Waals surface area contributed by atoms with Gasteiger partial charge in [-0.15, -0.1) is 0 Å². The Labute approximate surface area is 213 Å². The molecule has 0 radical (unpaired) electrons. The number of aromatic nitrogens is 1. The third kappa shape index (κ3) is 4.31. The van der Waals surface area contributed by atoms with Crippen molar-refractivity contribution in [3.63, 3.8) is 0 Å². The molecule has 2 aromatic carbocycles. The molecule has 9 heteroatoms. The van der Waals surface area contributed by atoms with Crippen LogP contribution in [0, 0.1) is 27.7 Å². The van der Waals surface area contributed by atoms with Crippen molar-refractivity contribution < 1.29 is 23.9 Å². The fraction of sp³-hybridized carbons (Fsp3) is 0.185. The maximum absolute atomic E-state index is 13.3. The highest BCUT2D eigenvalue weighted by Crippen LogP contribution is 2.30. The van der Waals surface area contributed by atoms with E-state index in [1.807, 2.05) is 31.4 Å². The number of barbiturate groups is 1. The van der Waals surface area contributed by atoms with Gasteiger partial charge in [0, 0.05) is 11.4 Å².